The molecule has 0 fully saturated rings. The van der Waals surface area contributed by atoms with E-state index in [1.165, 1.54) is 33.4 Å². The van der Waals surface area contributed by atoms with Crippen molar-refractivity contribution in [1.29, 1.82) is 0 Å². The van der Waals surface area contributed by atoms with Gasteiger partial charge in [0.05, 0.1) is 0 Å². The fraction of sp³-hybridized carbons (Fsp3) is 0.379. The van der Waals surface area contributed by atoms with Crippen LogP contribution in [0.1, 0.15) is 64.7 Å². The summed E-state index contributed by atoms with van der Waals surface area (Å²) < 4.78 is 1.46. The molecular weight excluding hydrogens is 468 g/mol. The Kier molecular flexibility index (Phi) is 6.36. The third kappa shape index (κ3) is 3.79. The van der Waals surface area contributed by atoms with E-state index in [0.29, 0.717) is 3.63 Å². The molecule has 0 N–H and O–H groups in total. The Morgan fingerprint density at radius 3 is 1.87 bits per heavy atom. The zero-order valence-electron chi connectivity index (χ0n) is 20.7. The molecule has 0 spiro atoms. The van der Waals surface area contributed by atoms with E-state index in [-0.39, 0.29) is 5.43 Å². The summed E-state index contributed by atoms with van der Waals surface area (Å²) in [4.78, 5) is 0. The summed E-state index contributed by atoms with van der Waals surface area (Å²) in [6.07, 6.45) is 2.73. The summed E-state index contributed by atoms with van der Waals surface area (Å²) >= 11 is -1.89. The molecule has 0 radical (unpaired) electrons. The minimum absolute atomic E-state index is 0.339. The van der Waals surface area contributed by atoms with Gasteiger partial charge in [0.15, 0.2) is 0 Å². The Hall–Kier alpha value is -1.24. The van der Waals surface area contributed by atoms with Crippen molar-refractivity contribution in [3.63, 3.8) is 0 Å². The zero-order chi connectivity index (χ0) is 22.6. The minimum atomic E-state index is -1.89. The predicted molar refractivity (Wildman–Crippen MR) is 135 cm³/mol. The van der Waals surface area contributed by atoms with Crippen LogP contribution in [0.5, 0.6) is 0 Å². The molecule has 0 nitrogen and oxygen atoms in total. The molecular formula is C29H36SiZr. The summed E-state index contributed by atoms with van der Waals surface area (Å²) in [5.74, 6) is 0. The van der Waals surface area contributed by atoms with Crippen molar-refractivity contribution in [1.82, 2.24) is 0 Å². The average Bonchev–Trinajstić information content (AvgIpc) is 3.15. The topological polar surface area (TPSA) is 0 Å². The van der Waals surface area contributed by atoms with Gasteiger partial charge >= 0.3 is 198 Å². The van der Waals surface area contributed by atoms with Gasteiger partial charge in [0, 0.05) is 0 Å². The third-order valence-corrected chi connectivity index (χ3v) is 27.4. The van der Waals surface area contributed by atoms with E-state index >= 15 is 0 Å². The SMILES string of the molecule is CC1=C(C)[CH]([Zr]([CH]2C=C(c3c(C)cc(C)cc3C)c3ccccc32)=[Si](C)C)C(C)=C1C. The Morgan fingerprint density at radius 2 is 1.32 bits per heavy atom. The molecule has 0 aliphatic heterocycles. The van der Waals surface area contributed by atoms with E-state index in [4.69, 9.17) is 0 Å². The van der Waals surface area contributed by atoms with E-state index in [9.17, 15) is 0 Å². The molecule has 0 saturated heterocycles. The van der Waals surface area contributed by atoms with Crippen LogP contribution in [-0.2, 0) is 20.4 Å². The molecule has 2 aromatic rings. The van der Waals surface area contributed by atoms with Crippen molar-refractivity contribution in [3.05, 3.63) is 98.1 Å². The summed E-state index contributed by atoms with van der Waals surface area (Å²) in [5, 5.41) is 0. The van der Waals surface area contributed by atoms with E-state index in [1.54, 1.807) is 27.9 Å². The van der Waals surface area contributed by atoms with Crippen molar-refractivity contribution >= 4 is 11.0 Å². The van der Waals surface area contributed by atoms with Crippen molar-refractivity contribution < 1.29 is 20.4 Å². The van der Waals surface area contributed by atoms with Gasteiger partial charge in [-0.1, -0.05) is 0 Å². The van der Waals surface area contributed by atoms with E-state index < -0.39 is 20.4 Å². The van der Waals surface area contributed by atoms with Crippen LogP contribution in [0.25, 0.3) is 5.57 Å². The third-order valence-electron chi connectivity index (χ3n) is 7.70. The van der Waals surface area contributed by atoms with Crippen LogP contribution in [-0.4, -0.2) is 5.43 Å². The summed E-state index contributed by atoms with van der Waals surface area (Å²) in [6.45, 7) is 21.6. The fourth-order valence-corrected chi connectivity index (χ4v) is 26.6. The first-order valence-electron chi connectivity index (χ1n) is 11.5. The molecule has 2 aliphatic carbocycles. The molecule has 2 heteroatoms. The van der Waals surface area contributed by atoms with Crippen LogP contribution in [0.15, 0.2) is 64.8 Å². The molecule has 1 unspecified atom stereocenters. The van der Waals surface area contributed by atoms with Gasteiger partial charge in [-0.05, 0) is 0 Å². The Balaban J connectivity index is 1.95. The summed E-state index contributed by atoms with van der Waals surface area (Å²) in [5.41, 5.74) is 16.5. The Morgan fingerprint density at radius 1 is 0.774 bits per heavy atom. The van der Waals surface area contributed by atoms with Gasteiger partial charge < -0.3 is 0 Å². The molecule has 2 aromatic carbocycles. The van der Waals surface area contributed by atoms with Crippen LogP contribution in [0, 0.1) is 20.8 Å². The molecule has 4 rings (SSSR count). The molecule has 0 bridgehead atoms. The molecule has 0 saturated carbocycles. The van der Waals surface area contributed by atoms with Gasteiger partial charge in [-0.3, -0.25) is 0 Å². The van der Waals surface area contributed by atoms with E-state index in [2.05, 4.69) is 104 Å². The molecule has 31 heavy (non-hydrogen) atoms. The van der Waals surface area contributed by atoms with Crippen LogP contribution in [0.3, 0.4) is 0 Å². The Labute approximate surface area is 197 Å². The van der Waals surface area contributed by atoms with Gasteiger partial charge in [-0.2, -0.15) is 0 Å². The van der Waals surface area contributed by atoms with E-state index in [1.807, 2.05) is 0 Å². The summed E-state index contributed by atoms with van der Waals surface area (Å²) in [6, 6.07) is 14.1. The number of rotatable bonds is 3. The van der Waals surface area contributed by atoms with Crippen molar-refractivity contribution in [2.75, 3.05) is 0 Å². The standard InChI is InChI=1S/C18H17.C9H13.C2H6Si.Zr/c1-12-10-13(2)18(14(3)11-12)17-9-8-15-6-4-5-7-16(15)17;1-6-5-7(2)9(4)8(6)3;1-3-2;/h4-11H,1-3H3;5H,1-4H3;1-2H3;. The second kappa shape index (κ2) is 8.60. The first-order valence-corrected chi connectivity index (χ1v) is 20.6. The number of hydrogen-bond donors (Lipinski definition) is 0. The van der Waals surface area contributed by atoms with E-state index in [0.717, 1.165) is 3.63 Å². The quantitative estimate of drug-likeness (QED) is 0.369. The average molecular weight is 504 g/mol. The van der Waals surface area contributed by atoms with Gasteiger partial charge in [0.1, 0.15) is 0 Å². The van der Waals surface area contributed by atoms with Gasteiger partial charge in [0.2, 0.25) is 0 Å². The Bertz CT molecular complexity index is 1170. The number of fused-ring (bicyclic) bond motifs is 1. The second-order valence-corrected chi connectivity index (χ2v) is 27.9. The monoisotopic (exact) mass is 502 g/mol. The van der Waals surface area contributed by atoms with Crippen molar-refractivity contribution in [2.45, 2.75) is 68.8 Å². The fourth-order valence-electron chi connectivity index (χ4n) is 6.03. The second-order valence-electron chi connectivity index (χ2n) is 9.92. The molecule has 1 atom stereocenters. The van der Waals surface area contributed by atoms with Crippen molar-refractivity contribution in [3.8, 4) is 0 Å². The van der Waals surface area contributed by atoms with Crippen molar-refractivity contribution in [2.24, 2.45) is 0 Å². The first kappa shape index (κ1) is 22.9. The molecule has 0 aromatic heterocycles. The normalized spacial score (nSPS) is 18.6. The molecule has 0 heterocycles. The number of allylic oxidation sites excluding steroid dienone is 5. The maximum absolute atomic E-state index is 2.73. The zero-order valence-corrected chi connectivity index (χ0v) is 24.2. The van der Waals surface area contributed by atoms with Crippen LogP contribution in [0.2, 0.25) is 16.7 Å². The van der Waals surface area contributed by atoms with Gasteiger partial charge in [-0.15, -0.1) is 0 Å². The molecule has 160 valence electrons. The first-order chi connectivity index (χ1) is 14.6. The number of aryl methyl sites for hydroxylation is 3. The van der Waals surface area contributed by atoms with Crippen LogP contribution in [0.4, 0.5) is 0 Å². The van der Waals surface area contributed by atoms with Crippen LogP contribution < -0.4 is 0 Å². The predicted octanol–water partition coefficient (Wildman–Crippen LogP) is 8.44. The number of benzene rings is 2. The van der Waals surface area contributed by atoms with Gasteiger partial charge in [-0.25, -0.2) is 0 Å². The maximum atomic E-state index is 2.73. The number of hydrogen-bond acceptors (Lipinski definition) is 0. The molecule has 0 amide bonds. The van der Waals surface area contributed by atoms with Gasteiger partial charge in [0.25, 0.3) is 0 Å². The molecule has 2 aliphatic rings. The van der Waals surface area contributed by atoms with Crippen LogP contribution >= 0.6 is 0 Å². The summed E-state index contributed by atoms with van der Waals surface area (Å²) in [7, 11) is 0.